The third kappa shape index (κ3) is 3.16. The number of hydrogen-bond donors (Lipinski definition) is 2. The van der Waals surface area contributed by atoms with Crippen LogP contribution in [0.3, 0.4) is 0 Å². The number of fused-ring (bicyclic) bond motifs is 1. The lowest BCUT2D eigenvalue weighted by Crippen LogP contribution is -2.41. The largest absolute Gasteiger partial charge is 0.270 e. The standard InChI is InChI=1S/C17H12FN3O2/c18-12-7-5-11(6-8-12)16(22)20-21-17(23)14-9-10-19-15-4-2-1-3-13(14)15/h1-10H,(H,20,22)(H,21,23). The van der Waals surface area contributed by atoms with Gasteiger partial charge in [0.15, 0.2) is 0 Å². The zero-order chi connectivity index (χ0) is 16.2. The van der Waals surface area contributed by atoms with Gasteiger partial charge in [0.25, 0.3) is 11.8 Å². The Kier molecular flexibility index (Phi) is 3.97. The van der Waals surface area contributed by atoms with Crippen molar-refractivity contribution in [2.45, 2.75) is 0 Å². The van der Waals surface area contributed by atoms with Gasteiger partial charge in [-0.3, -0.25) is 25.4 Å². The maximum atomic E-state index is 12.8. The third-order valence-corrected chi connectivity index (χ3v) is 3.29. The van der Waals surface area contributed by atoms with Crippen molar-refractivity contribution in [3.8, 4) is 0 Å². The molecule has 0 bridgehead atoms. The summed E-state index contributed by atoms with van der Waals surface area (Å²) < 4.78 is 12.8. The van der Waals surface area contributed by atoms with Crippen LogP contribution in [0, 0.1) is 5.82 Å². The van der Waals surface area contributed by atoms with Crippen molar-refractivity contribution in [1.29, 1.82) is 0 Å². The second-order valence-electron chi connectivity index (χ2n) is 4.79. The number of hydrazine groups is 1. The van der Waals surface area contributed by atoms with Gasteiger partial charge in [0.2, 0.25) is 0 Å². The molecule has 1 heterocycles. The van der Waals surface area contributed by atoms with Gasteiger partial charge in [0, 0.05) is 17.1 Å². The van der Waals surface area contributed by atoms with E-state index in [1.165, 1.54) is 30.5 Å². The number of benzene rings is 2. The van der Waals surface area contributed by atoms with Crippen molar-refractivity contribution < 1.29 is 14.0 Å². The quantitative estimate of drug-likeness (QED) is 0.714. The molecule has 0 radical (unpaired) electrons. The molecule has 0 aliphatic rings. The predicted molar refractivity (Wildman–Crippen MR) is 83.1 cm³/mol. The number of rotatable bonds is 2. The van der Waals surface area contributed by atoms with Crippen LogP contribution < -0.4 is 10.9 Å². The molecule has 0 unspecified atom stereocenters. The lowest BCUT2D eigenvalue weighted by Gasteiger charge is -2.09. The Morgan fingerprint density at radius 2 is 1.57 bits per heavy atom. The first kappa shape index (κ1) is 14.6. The number of carbonyl (C=O) groups excluding carboxylic acids is 2. The molecule has 23 heavy (non-hydrogen) atoms. The van der Waals surface area contributed by atoms with E-state index in [1.54, 1.807) is 24.3 Å². The number of amides is 2. The van der Waals surface area contributed by atoms with E-state index in [9.17, 15) is 14.0 Å². The minimum absolute atomic E-state index is 0.242. The summed E-state index contributed by atoms with van der Waals surface area (Å²) >= 11 is 0. The van der Waals surface area contributed by atoms with Crippen LogP contribution in [0.15, 0.2) is 60.8 Å². The number of carbonyl (C=O) groups is 2. The molecule has 0 aliphatic carbocycles. The Bertz CT molecular complexity index is 873. The molecule has 0 saturated carbocycles. The molecular weight excluding hydrogens is 297 g/mol. The van der Waals surface area contributed by atoms with Gasteiger partial charge in [-0.05, 0) is 36.4 Å². The van der Waals surface area contributed by atoms with E-state index in [-0.39, 0.29) is 5.56 Å². The smallest absolute Gasteiger partial charge is 0.267 e. The van der Waals surface area contributed by atoms with Crippen LogP contribution in [0.5, 0.6) is 0 Å². The van der Waals surface area contributed by atoms with Crippen LogP contribution in [0.4, 0.5) is 4.39 Å². The van der Waals surface area contributed by atoms with Crippen molar-refractivity contribution in [2.24, 2.45) is 0 Å². The number of para-hydroxylation sites is 1. The SMILES string of the molecule is O=C(NNC(=O)c1ccnc2ccccc12)c1ccc(F)cc1. The summed E-state index contributed by atoms with van der Waals surface area (Å²) in [6.07, 6.45) is 1.53. The second-order valence-corrected chi connectivity index (χ2v) is 4.79. The molecule has 114 valence electrons. The Hall–Kier alpha value is -3.28. The van der Waals surface area contributed by atoms with Crippen LogP contribution in [0.1, 0.15) is 20.7 Å². The van der Waals surface area contributed by atoms with Crippen molar-refractivity contribution >= 4 is 22.7 Å². The lowest BCUT2D eigenvalue weighted by molar-refractivity contribution is 0.0847. The fourth-order valence-corrected chi connectivity index (χ4v) is 2.15. The molecule has 2 amide bonds. The molecule has 2 aromatic carbocycles. The molecule has 1 aromatic heterocycles. The molecular formula is C17H12FN3O2. The fraction of sp³-hybridized carbons (Fsp3) is 0. The van der Waals surface area contributed by atoms with E-state index in [1.807, 2.05) is 6.07 Å². The van der Waals surface area contributed by atoms with Crippen LogP contribution in [-0.2, 0) is 0 Å². The molecule has 0 aliphatic heterocycles. The number of pyridine rings is 1. The van der Waals surface area contributed by atoms with E-state index in [4.69, 9.17) is 0 Å². The molecule has 3 rings (SSSR count). The first-order valence-electron chi connectivity index (χ1n) is 6.85. The van der Waals surface area contributed by atoms with E-state index in [2.05, 4.69) is 15.8 Å². The van der Waals surface area contributed by atoms with Crippen LogP contribution in [0.25, 0.3) is 10.9 Å². The van der Waals surface area contributed by atoms with Gasteiger partial charge in [-0.1, -0.05) is 18.2 Å². The second kappa shape index (κ2) is 6.23. The Morgan fingerprint density at radius 3 is 2.35 bits per heavy atom. The summed E-state index contributed by atoms with van der Waals surface area (Å²) in [5.41, 5.74) is 5.97. The fourth-order valence-electron chi connectivity index (χ4n) is 2.15. The van der Waals surface area contributed by atoms with E-state index in [0.717, 1.165) is 0 Å². The van der Waals surface area contributed by atoms with Crippen LogP contribution in [0.2, 0.25) is 0 Å². The highest BCUT2D eigenvalue weighted by Gasteiger charge is 2.12. The minimum atomic E-state index is -0.531. The number of aromatic nitrogens is 1. The highest BCUT2D eigenvalue weighted by atomic mass is 19.1. The average Bonchev–Trinajstić information content (AvgIpc) is 2.59. The molecule has 6 heteroatoms. The summed E-state index contributed by atoms with van der Waals surface area (Å²) in [4.78, 5) is 28.3. The minimum Gasteiger partial charge on any atom is -0.267 e. The van der Waals surface area contributed by atoms with E-state index in [0.29, 0.717) is 16.5 Å². The van der Waals surface area contributed by atoms with E-state index >= 15 is 0 Å². The summed E-state index contributed by atoms with van der Waals surface area (Å²) in [7, 11) is 0. The lowest BCUT2D eigenvalue weighted by atomic mass is 10.1. The van der Waals surface area contributed by atoms with Crippen molar-refractivity contribution in [2.75, 3.05) is 0 Å². The molecule has 0 atom stereocenters. The van der Waals surface area contributed by atoms with Crippen molar-refractivity contribution in [3.05, 3.63) is 77.7 Å². The Labute approximate surface area is 131 Å². The van der Waals surface area contributed by atoms with Gasteiger partial charge >= 0.3 is 0 Å². The summed E-state index contributed by atoms with van der Waals surface area (Å²) in [6.45, 7) is 0. The van der Waals surface area contributed by atoms with Gasteiger partial charge in [0.05, 0.1) is 11.1 Å². The number of nitrogens with one attached hydrogen (secondary N) is 2. The summed E-state index contributed by atoms with van der Waals surface area (Å²) in [5, 5.41) is 0.684. The van der Waals surface area contributed by atoms with Crippen LogP contribution in [-0.4, -0.2) is 16.8 Å². The summed E-state index contributed by atoms with van der Waals surface area (Å²) in [5.74, 6) is -1.43. The van der Waals surface area contributed by atoms with Gasteiger partial charge < -0.3 is 0 Å². The number of halogens is 1. The molecule has 0 spiro atoms. The monoisotopic (exact) mass is 309 g/mol. The zero-order valence-corrected chi connectivity index (χ0v) is 11.9. The van der Waals surface area contributed by atoms with Crippen molar-refractivity contribution in [3.63, 3.8) is 0 Å². The molecule has 3 aromatic rings. The maximum absolute atomic E-state index is 12.8. The maximum Gasteiger partial charge on any atom is 0.270 e. The molecule has 0 saturated heterocycles. The van der Waals surface area contributed by atoms with Crippen molar-refractivity contribution in [1.82, 2.24) is 15.8 Å². The Balaban J connectivity index is 1.74. The average molecular weight is 309 g/mol. The topological polar surface area (TPSA) is 71.1 Å². The normalized spacial score (nSPS) is 10.3. The summed E-state index contributed by atoms with van der Waals surface area (Å²) in [6, 6.07) is 13.8. The highest BCUT2D eigenvalue weighted by molar-refractivity contribution is 6.07. The number of nitrogens with zero attached hydrogens (tertiary/aromatic N) is 1. The van der Waals surface area contributed by atoms with Gasteiger partial charge in [-0.15, -0.1) is 0 Å². The zero-order valence-electron chi connectivity index (χ0n) is 11.9. The van der Waals surface area contributed by atoms with E-state index < -0.39 is 17.6 Å². The first-order valence-corrected chi connectivity index (χ1v) is 6.85. The molecule has 5 nitrogen and oxygen atoms in total. The third-order valence-electron chi connectivity index (χ3n) is 3.29. The first-order chi connectivity index (χ1) is 11.1. The van der Waals surface area contributed by atoms with Gasteiger partial charge in [0.1, 0.15) is 5.82 Å². The predicted octanol–water partition coefficient (Wildman–Crippen LogP) is 2.45. The number of hydrogen-bond acceptors (Lipinski definition) is 3. The molecule has 0 fully saturated rings. The highest BCUT2D eigenvalue weighted by Crippen LogP contribution is 2.15. The molecule has 2 N–H and O–H groups in total. The van der Waals surface area contributed by atoms with Gasteiger partial charge in [-0.2, -0.15) is 0 Å². The Morgan fingerprint density at radius 1 is 0.870 bits per heavy atom. The van der Waals surface area contributed by atoms with Crippen LogP contribution >= 0.6 is 0 Å². The van der Waals surface area contributed by atoms with Gasteiger partial charge in [-0.25, -0.2) is 4.39 Å².